The number of likely N-dealkylation sites (N-methyl/N-ethyl adjacent to an activating group) is 1. The summed E-state index contributed by atoms with van der Waals surface area (Å²) in [6.45, 7) is 10.5. The van der Waals surface area contributed by atoms with E-state index in [0.29, 0.717) is 0 Å². The maximum atomic E-state index is 4.32. The van der Waals surface area contributed by atoms with Crippen molar-refractivity contribution in [1.82, 2.24) is 20.4 Å². The van der Waals surface area contributed by atoms with Crippen molar-refractivity contribution < 1.29 is 0 Å². The fraction of sp³-hybridized carbons (Fsp3) is 0.950. The molecule has 5 nitrogen and oxygen atoms in total. The predicted octanol–water partition coefficient (Wildman–Crippen LogP) is 2.93. The average Bonchev–Trinajstić information content (AvgIpc) is 2.63. The lowest BCUT2D eigenvalue weighted by Gasteiger charge is -2.32. The van der Waals surface area contributed by atoms with Crippen molar-refractivity contribution in [3.05, 3.63) is 0 Å². The standard InChI is InChI=1S/C20H43N5/c1-4-5-6-7-8-9-10-13-22-20(21-2)23-14-11-12-15-25-18-16-24(3)17-19-25/h4-19H2,1-3H3,(H2,21,22,23). The first-order chi connectivity index (χ1) is 12.3. The third-order valence-electron chi connectivity index (χ3n) is 5.09. The van der Waals surface area contributed by atoms with E-state index in [2.05, 4.69) is 39.4 Å². The largest absolute Gasteiger partial charge is 0.356 e. The molecule has 1 heterocycles. The summed E-state index contributed by atoms with van der Waals surface area (Å²) < 4.78 is 0. The minimum atomic E-state index is 0.964. The highest BCUT2D eigenvalue weighted by atomic mass is 15.2. The molecule has 0 saturated carbocycles. The zero-order valence-electron chi connectivity index (χ0n) is 17.2. The predicted molar refractivity (Wildman–Crippen MR) is 111 cm³/mol. The van der Waals surface area contributed by atoms with E-state index in [0.717, 1.165) is 19.0 Å². The van der Waals surface area contributed by atoms with Gasteiger partial charge in [0.2, 0.25) is 0 Å². The summed E-state index contributed by atoms with van der Waals surface area (Å²) in [6, 6.07) is 0. The molecule has 1 saturated heterocycles. The molecule has 0 aromatic heterocycles. The Balaban J connectivity index is 1.90. The highest BCUT2D eigenvalue weighted by molar-refractivity contribution is 5.79. The Labute approximate surface area is 156 Å². The molecular weight excluding hydrogens is 310 g/mol. The van der Waals surface area contributed by atoms with E-state index in [1.54, 1.807) is 0 Å². The molecule has 0 amide bonds. The van der Waals surface area contributed by atoms with Crippen LogP contribution in [0.5, 0.6) is 0 Å². The van der Waals surface area contributed by atoms with E-state index in [-0.39, 0.29) is 0 Å². The van der Waals surface area contributed by atoms with Crippen molar-refractivity contribution in [2.45, 2.75) is 64.7 Å². The molecule has 0 unspecified atom stereocenters. The van der Waals surface area contributed by atoms with Crippen molar-refractivity contribution >= 4 is 5.96 Å². The van der Waals surface area contributed by atoms with Crippen molar-refractivity contribution in [1.29, 1.82) is 0 Å². The molecule has 25 heavy (non-hydrogen) atoms. The average molecular weight is 354 g/mol. The van der Waals surface area contributed by atoms with Gasteiger partial charge in [-0.1, -0.05) is 45.4 Å². The maximum absolute atomic E-state index is 4.32. The molecule has 0 aliphatic carbocycles. The van der Waals surface area contributed by atoms with Crippen LogP contribution in [0, 0.1) is 0 Å². The molecule has 1 aliphatic rings. The molecule has 1 fully saturated rings. The van der Waals surface area contributed by atoms with Gasteiger partial charge in [-0.3, -0.25) is 4.99 Å². The second kappa shape index (κ2) is 15.4. The van der Waals surface area contributed by atoms with Gasteiger partial charge in [-0.05, 0) is 32.9 Å². The van der Waals surface area contributed by atoms with Crippen molar-refractivity contribution in [3.8, 4) is 0 Å². The molecule has 2 N–H and O–H groups in total. The highest BCUT2D eigenvalue weighted by Gasteiger charge is 2.12. The second-order valence-electron chi connectivity index (χ2n) is 7.40. The summed E-state index contributed by atoms with van der Waals surface area (Å²) in [5.41, 5.74) is 0. The van der Waals surface area contributed by atoms with E-state index < -0.39 is 0 Å². The van der Waals surface area contributed by atoms with E-state index in [1.165, 1.54) is 90.5 Å². The first kappa shape index (κ1) is 22.2. The molecule has 5 heteroatoms. The Morgan fingerprint density at radius 2 is 1.36 bits per heavy atom. The van der Waals surface area contributed by atoms with E-state index >= 15 is 0 Å². The van der Waals surface area contributed by atoms with Crippen LogP contribution in [-0.2, 0) is 0 Å². The Kier molecular flexibility index (Phi) is 13.7. The van der Waals surface area contributed by atoms with Gasteiger partial charge in [0, 0.05) is 46.3 Å². The van der Waals surface area contributed by atoms with Crippen LogP contribution >= 0.6 is 0 Å². The Morgan fingerprint density at radius 3 is 1.96 bits per heavy atom. The molecular formula is C20H43N5. The third-order valence-corrected chi connectivity index (χ3v) is 5.09. The molecule has 0 atom stereocenters. The highest BCUT2D eigenvalue weighted by Crippen LogP contribution is 2.06. The normalized spacial score (nSPS) is 17.0. The van der Waals surface area contributed by atoms with Crippen molar-refractivity contribution in [3.63, 3.8) is 0 Å². The minimum Gasteiger partial charge on any atom is -0.356 e. The van der Waals surface area contributed by atoms with Gasteiger partial charge in [-0.2, -0.15) is 0 Å². The van der Waals surface area contributed by atoms with E-state index in [1.807, 2.05) is 7.05 Å². The number of guanidine groups is 1. The number of hydrogen-bond acceptors (Lipinski definition) is 3. The Morgan fingerprint density at radius 1 is 0.800 bits per heavy atom. The fourth-order valence-corrected chi connectivity index (χ4v) is 3.25. The van der Waals surface area contributed by atoms with Crippen LogP contribution in [-0.4, -0.2) is 75.7 Å². The first-order valence-corrected chi connectivity index (χ1v) is 10.6. The minimum absolute atomic E-state index is 0.964. The summed E-state index contributed by atoms with van der Waals surface area (Å²) in [7, 11) is 4.08. The molecule has 1 rings (SSSR count). The van der Waals surface area contributed by atoms with Crippen LogP contribution in [0.25, 0.3) is 0 Å². The molecule has 1 aliphatic heterocycles. The first-order valence-electron chi connectivity index (χ1n) is 10.6. The summed E-state index contributed by atoms with van der Waals surface area (Å²) in [4.78, 5) is 9.33. The second-order valence-corrected chi connectivity index (χ2v) is 7.40. The zero-order valence-corrected chi connectivity index (χ0v) is 17.2. The lowest BCUT2D eigenvalue weighted by molar-refractivity contribution is 0.152. The smallest absolute Gasteiger partial charge is 0.190 e. The van der Waals surface area contributed by atoms with Crippen LogP contribution in [0.15, 0.2) is 4.99 Å². The number of piperazine rings is 1. The van der Waals surface area contributed by atoms with Crippen LogP contribution in [0.1, 0.15) is 64.7 Å². The van der Waals surface area contributed by atoms with Crippen LogP contribution in [0.4, 0.5) is 0 Å². The van der Waals surface area contributed by atoms with Crippen LogP contribution in [0.3, 0.4) is 0 Å². The van der Waals surface area contributed by atoms with Gasteiger partial charge in [0.15, 0.2) is 5.96 Å². The van der Waals surface area contributed by atoms with Gasteiger partial charge in [-0.15, -0.1) is 0 Å². The number of nitrogens with one attached hydrogen (secondary N) is 2. The topological polar surface area (TPSA) is 42.9 Å². The van der Waals surface area contributed by atoms with Gasteiger partial charge >= 0.3 is 0 Å². The summed E-state index contributed by atoms with van der Waals surface area (Å²) in [5, 5.41) is 6.88. The summed E-state index contributed by atoms with van der Waals surface area (Å²) in [6.07, 6.45) is 12.0. The lowest BCUT2D eigenvalue weighted by atomic mass is 10.1. The molecule has 0 aromatic rings. The molecule has 0 spiro atoms. The molecule has 148 valence electrons. The van der Waals surface area contributed by atoms with Crippen molar-refractivity contribution in [2.75, 3.05) is 59.9 Å². The molecule has 0 bridgehead atoms. The van der Waals surface area contributed by atoms with Crippen LogP contribution in [0.2, 0.25) is 0 Å². The lowest BCUT2D eigenvalue weighted by Crippen LogP contribution is -2.44. The van der Waals surface area contributed by atoms with Crippen LogP contribution < -0.4 is 10.6 Å². The van der Waals surface area contributed by atoms with Gasteiger partial charge in [0.1, 0.15) is 0 Å². The fourth-order valence-electron chi connectivity index (χ4n) is 3.25. The SMILES string of the molecule is CCCCCCCCCNC(=NC)NCCCCN1CCN(C)CC1. The molecule has 0 aromatic carbocycles. The number of rotatable bonds is 13. The summed E-state index contributed by atoms with van der Waals surface area (Å²) >= 11 is 0. The van der Waals surface area contributed by atoms with E-state index in [4.69, 9.17) is 0 Å². The van der Waals surface area contributed by atoms with E-state index in [9.17, 15) is 0 Å². The van der Waals surface area contributed by atoms with Gasteiger partial charge in [0.25, 0.3) is 0 Å². The van der Waals surface area contributed by atoms with Crippen molar-refractivity contribution in [2.24, 2.45) is 4.99 Å². The number of unbranched alkanes of at least 4 members (excludes halogenated alkanes) is 7. The quantitative estimate of drug-likeness (QED) is 0.303. The van der Waals surface area contributed by atoms with Gasteiger partial charge in [0.05, 0.1) is 0 Å². The Bertz CT molecular complexity index is 324. The van der Waals surface area contributed by atoms with Gasteiger partial charge < -0.3 is 20.4 Å². The molecule has 0 radical (unpaired) electrons. The Hall–Kier alpha value is -0.810. The number of hydrogen-bond donors (Lipinski definition) is 2. The van der Waals surface area contributed by atoms with Gasteiger partial charge in [-0.25, -0.2) is 0 Å². The maximum Gasteiger partial charge on any atom is 0.190 e. The zero-order chi connectivity index (χ0) is 18.2. The number of nitrogens with zero attached hydrogens (tertiary/aromatic N) is 3. The number of aliphatic imine (C=N–C) groups is 1. The summed E-state index contributed by atoms with van der Waals surface area (Å²) in [5.74, 6) is 0.964. The monoisotopic (exact) mass is 353 g/mol. The third kappa shape index (κ3) is 12.2.